The SMILES string of the molecule is Cc1ccc(N)cc1NC(=O)CCNC(=O)CC(C)C.Cl. The molecular formula is C15H24ClN3O2. The van der Waals surface area contributed by atoms with Gasteiger partial charge in [-0.05, 0) is 30.5 Å². The van der Waals surface area contributed by atoms with Crippen LogP contribution >= 0.6 is 12.4 Å². The van der Waals surface area contributed by atoms with Crippen molar-refractivity contribution in [2.24, 2.45) is 5.92 Å². The maximum atomic E-state index is 11.8. The number of anilines is 2. The first-order valence-corrected chi connectivity index (χ1v) is 6.81. The summed E-state index contributed by atoms with van der Waals surface area (Å²) in [5.74, 6) is 0.162. The topological polar surface area (TPSA) is 84.2 Å². The number of hydrogen-bond acceptors (Lipinski definition) is 3. The Bertz CT molecular complexity index is 490. The lowest BCUT2D eigenvalue weighted by atomic mass is 10.1. The second kappa shape index (κ2) is 9.23. The van der Waals surface area contributed by atoms with Crippen molar-refractivity contribution in [3.63, 3.8) is 0 Å². The predicted octanol–water partition coefficient (Wildman–Crippen LogP) is 2.49. The molecule has 0 spiro atoms. The molecule has 4 N–H and O–H groups in total. The van der Waals surface area contributed by atoms with Gasteiger partial charge in [0.15, 0.2) is 0 Å². The normalized spacial score (nSPS) is 9.90. The highest BCUT2D eigenvalue weighted by Gasteiger charge is 2.07. The first kappa shape index (κ1) is 19.2. The van der Waals surface area contributed by atoms with E-state index in [0.29, 0.717) is 30.3 Å². The van der Waals surface area contributed by atoms with Crippen molar-refractivity contribution in [3.8, 4) is 0 Å². The molecule has 0 atom stereocenters. The van der Waals surface area contributed by atoms with Gasteiger partial charge < -0.3 is 16.4 Å². The van der Waals surface area contributed by atoms with E-state index in [1.807, 2.05) is 26.8 Å². The van der Waals surface area contributed by atoms with E-state index < -0.39 is 0 Å². The Morgan fingerprint density at radius 2 is 1.90 bits per heavy atom. The minimum Gasteiger partial charge on any atom is -0.399 e. The summed E-state index contributed by atoms with van der Waals surface area (Å²) in [5.41, 5.74) is 7.96. The maximum absolute atomic E-state index is 11.8. The molecule has 118 valence electrons. The van der Waals surface area contributed by atoms with Gasteiger partial charge >= 0.3 is 0 Å². The summed E-state index contributed by atoms with van der Waals surface area (Å²) in [6.07, 6.45) is 0.730. The number of nitrogens with one attached hydrogen (secondary N) is 2. The quantitative estimate of drug-likeness (QED) is 0.705. The van der Waals surface area contributed by atoms with Crippen molar-refractivity contribution in [3.05, 3.63) is 23.8 Å². The molecule has 0 aliphatic rings. The van der Waals surface area contributed by atoms with Crippen LogP contribution in [0.15, 0.2) is 18.2 Å². The van der Waals surface area contributed by atoms with Crippen LogP contribution in [0.3, 0.4) is 0 Å². The van der Waals surface area contributed by atoms with Gasteiger partial charge in [-0.1, -0.05) is 19.9 Å². The zero-order chi connectivity index (χ0) is 15.1. The summed E-state index contributed by atoms with van der Waals surface area (Å²) >= 11 is 0. The number of nitrogen functional groups attached to an aromatic ring is 1. The summed E-state index contributed by atoms with van der Waals surface area (Å²) in [6, 6.07) is 5.37. The third-order valence-electron chi connectivity index (χ3n) is 2.80. The number of carbonyl (C=O) groups is 2. The average Bonchev–Trinajstić information content (AvgIpc) is 2.33. The Kier molecular flexibility index (Phi) is 8.47. The predicted molar refractivity (Wildman–Crippen MR) is 88.6 cm³/mol. The fraction of sp³-hybridized carbons (Fsp3) is 0.467. The molecule has 0 aromatic heterocycles. The van der Waals surface area contributed by atoms with Gasteiger partial charge in [-0.2, -0.15) is 0 Å². The van der Waals surface area contributed by atoms with E-state index in [4.69, 9.17) is 5.73 Å². The van der Waals surface area contributed by atoms with Crippen molar-refractivity contribution in [2.75, 3.05) is 17.6 Å². The minimum absolute atomic E-state index is 0. The first-order valence-electron chi connectivity index (χ1n) is 6.81. The summed E-state index contributed by atoms with van der Waals surface area (Å²) in [4.78, 5) is 23.2. The van der Waals surface area contributed by atoms with E-state index in [1.165, 1.54) is 0 Å². The van der Waals surface area contributed by atoms with Gasteiger partial charge in [-0.25, -0.2) is 0 Å². The van der Waals surface area contributed by atoms with Crippen molar-refractivity contribution >= 4 is 35.6 Å². The van der Waals surface area contributed by atoms with Crippen molar-refractivity contribution in [1.82, 2.24) is 5.32 Å². The number of amides is 2. The molecule has 0 heterocycles. The molecule has 0 aliphatic carbocycles. The zero-order valence-electron chi connectivity index (χ0n) is 12.7. The largest absolute Gasteiger partial charge is 0.399 e. The van der Waals surface area contributed by atoms with E-state index in [0.717, 1.165) is 5.56 Å². The molecule has 0 aliphatic heterocycles. The van der Waals surface area contributed by atoms with Gasteiger partial charge in [0.1, 0.15) is 0 Å². The summed E-state index contributed by atoms with van der Waals surface area (Å²) in [7, 11) is 0. The van der Waals surface area contributed by atoms with Crippen LogP contribution in [-0.4, -0.2) is 18.4 Å². The van der Waals surface area contributed by atoms with Gasteiger partial charge in [0.2, 0.25) is 11.8 Å². The Hall–Kier alpha value is -1.75. The summed E-state index contributed by atoms with van der Waals surface area (Å²) in [5, 5.41) is 5.53. The minimum atomic E-state index is -0.136. The smallest absolute Gasteiger partial charge is 0.226 e. The molecule has 1 rings (SSSR count). The third kappa shape index (κ3) is 7.56. The van der Waals surface area contributed by atoms with Crippen LogP contribution in [0, 0.1) is 12.8 Å². The number of carbonyl (C=O) groups excluding carboxylic acids is 2. The van der Waals surface area contributed by atoms with Crippen LogP contribution in [0.4, 0.5) is 11.4 Å². The van der Waals surface area contributed by atoms with Crippen LogP contribution in [0.1, 0.15) is 32.3 Å². The first-order chi connectivity index (χ1) is 9.38. The highest BCUT2D eigenvalue weighted by atomic mass is 35.5. The third-order valence-corrected chi connectivity index (χ3v) is 2.80. The molecule has 1 aromatic rings. The lowest BCUT2D eigenvalue weighted by Gasteiger charge is -2.10. The summed E-state index contributed by atoms with van der Waals surface area (Å²) in [6.45, 7) is 6.21. The van der Waals surface area contributed by atoms with Gasteiger partial charge in [-0.3, -0.25) is 9.59 Å². The second-order valence-electron chi connectivity index (χ2n) is 5.32. The van der Waals surface area contributed by atoms with E-state index in [9.17, 15) is 9.59 Å². The fourth-order valence-electron chi connectivity index (χ4n) is 1.75. The Balaban J connectivity index is 0.00000400. The van der Waals surface area contributed by atoms with E-state index >= 15 is 0 Å². The Morgan fingerprint density at radius 1 is 1.24 bits per heavy atom. The lowest BCUT2D eigenvalue weighted by molar-refractivity contribution is -0.121. The molecule has 5 nitrogen and oxygen atoms in total. The second-order valence-corrected chi connectivity index (χ2v) is 5.32. The molecule has 2 amide bonds. The van der Waals surface area contributed by atoms with Crippen molar-refractivity contribution < 1.29 is 9.59 Å². The van der Waals surface area contributed by atoms with Crippen LogP contribution in [0.2, 0.25) is 0 Å². The Morgan fingerprint density at radius 3 is 2.52 bits per heavy atom. The van der Waals surface area contributed by atoms with Crippen molar-refractivity contribution in [1.29, 1.82) is 0 Å². The van der Waals surface area contributed by atoms with Gasteiger partial charge in [0.25, 0.3) is 0 Å². The average molecular weight is 314 g/mol. The molecule has 0 saturated carbocycles. The van der Waals surface area contributed by atoms with Gasteiger partial charge in [0.05, 0.1) is 0 Å². The number of benzene rings is 1. The van der Waals surface area contributed by atoms with Crippen LogP contribution in [-0.2, 0) is 9.59 Å². The number of halogens is 1. The molecule has 0 unspecified atom stereocenters. The molecular weight excluding hydrogens is 290 g/mol. The summed E-state index contributed by atoms with van der Waals surface area (Å²) < 4.78 is 0. The number of aryl methyl sites for hydroxylation is 1. The van der Waals surface area contributed by atoms with Crippen LogP contribution in [0.25, 0.3) is 0 Å². The van der Waals surface area contributed by atoms with Gasteiger partial charge in [0, 0.05) is 30.8 Å². The molecule has 1 aromatic carbocycles. The Labute approximate surface area is 132 Å². The standard InChI is InChI=1S/C15H23N3O2.ClH/c1-10(2)8-15(20)17-7-6-14(19)18-13-9-12(16)5-4-11(13)3;/h4-5,9-10H,6-8,16H2,1-3H3,(H,17,20)(H,18,19);1H. The van der Waals surface area contributed by atoms with Gasteiger partial charge in [-0.15, -0.1) is 12.4 Å². The molecule has 21 heavy (non-hydrogen) atoms. The molecule has 0 saturated heterocycles. The highest BCUT2D eigenvalue weighted by molar-refractivity contribution is 5.92. The monoisotopic (exact) mass is 313 g/mol. The molecule has 0 bridgehead atoms. The maximum Gasteiger partial charge on any atom is 0.226 e. The lowest BCUT2D eigenvalue weighted by Crippen LogP contribution is -2.28. The highest BCUT2D eigenvalue weighted by Crippen LogP contribution is 2.18. The number of rotatable bonds is 6. The van der Waals surface area contributed by atoms with E-state index in [-0.39, 0.29) is 30.6 Å². The number of hydrogen-bond donors (Lipinski definition) is 3. The fourth-order valence-corrected chi connectivity index (χ4v) is 1.75. The molecule has 0 radical (unpaired) electrons. The van der Waals surface area contributed by atoms with Crippen LogP contribution < -0.4 is 16.4 Å². The van der Waals surface area contributed by atoms with E-state index in [2.05, 4.69) is 10.6 Å². The molecule has 0 fully saturated rings. The van der Waals surface area contributed by atoms with Crippen LogP contribution in [0.5, 0.6) is 0 Å². The van der Waals surface area contributed by atoms with E-state index in [1.54, 1.807) is 12.1 Å². The number of nitrogens with two attached hydrogens (primary N) is 1. The molecule has 6 heteroatoms. The zero-order valence-corrected chi connectivity index (χ0v) is 13.5. The van der Waals surface area contributed by atoms with Crippen molar-refractivity contribution in [2.45, 2.75) is 33.6 Å².